The van der Waals surface area contributed by atoms with Crippen molar-refractivity contribution >= 4 is 39.1 Å². The van der Waals surface area contributed by atoms with Crippen molar-refractivity contribution in [1.29, 1.82) is 0 Å². The van der Waals surface area contributed by atoms with E-state index in [-0.39, 0.29) is 15.9 Å². The molecular formula is C11H6BrClFNO2. The first-order valence-electron chi connectivity index (χ1n) is 4.57. The van der Waals surface area contributed by atoms with Gasteiger partial charge in [-0.15, -0.1) is 0 Å². The van der Waals surface area contributed by atoms with Gasteiger partial charge in [0.05, 0.1) is 17.5 Å². The van der Waals surface area contributed by atoms with Gasteiger partial charge in [-0.1, -0.05) is 11.6 Å². The van der Waals surface area contributed by atoms with E-state index in [1.807, 2.05) is 0 Å². The Balaban J connectivity index is 2.24. The number of anilines is 1. The lowest BCUT2D eigenvalue weighted by molar-refractivity contribution is 0.102. The summed E-state index contributed by atoms with van der Waals surface area (Å²) in [5.74, 6) is -1.03. The van der Waals surface area contributed by atoms with Crippen LogP contribution in [0.25, 0.3) is 0 Å². The fourth-order valence-electron chi connectivity index (χ4n) is 1.24. The average molecular weight is 319 g/mol. The quantitative estimate of drug-likeness (QED) is 0.906. The number of rotatable bonds is 2. The molecule has 0 aliphatic carbocycles. The Labute approximate surface area is 110 Å². The third-order valence-electron chi connectivity index (χ3n) is 2.04. The summed E-state index contributed by atoms with van der Waals surface area (Å²) in [6, 6.07) is 5.40. The zero-order valence-electron chi connectivity index (χ0n) is 8.34. The van der Waals surface area contributed by atoms with Gasteiger partial charge in [0.25, 0.3) is 5.91 Å². The summed E-state index contributed by atoms with van der Waals surface area (Å²) in [7, 11) is 0. The minimum absolute atomic E-state index is 0.0237. The highest BCUT2D eigenvalue weighted by Gasteiger charge is 2.14. The van der Waals surface area contributed by atoms with Gasteiger partial charge in [0.2, 0.25) is 0 Å². The Morgan fingerprint density at radius 1 is 1.41 bits per heavy atom. The number of carbonyl (C=O) groups is 1. The number of hydrogen-bond acceptors (Lipinski definition) is 2. The number of furan rings is 1. The maximum Gasteiger partial charge on any atom is 0.260 e. The van der Waals surface area contributed by atoms with Gasteiger partial charge >= 0.3 is 0 Å². The zero-order valence-corrected chi connectivity index (χ0v) is 10.7. The number of nitrogens with one attached hydrogen (secondary N) is 1. The summed E-state index contributed by atoms with van der Waals surface area (Å²) in [5, 5.41) is 2.75. The average Bonchev–Trinajstić information content (AvgIpc) is 2.70. The van der Waals surface area contributed by atoms with Crippen molar-refractivity contribution in [2.75, 3.05) is 5.32 Å². The first-order chi connectivity index (χ1) is 8.08. The Bertz CT molecular complexity index is 570. The van der Waals surface area contributed by atoms with Crippen LogP contribution in [-0.4, -0.2) is 5.91 Å². The van der Waals surface area contributed by atoms with E-state index in [9.17, 15) is 9.18 Å². The van der Waals surface area contributed by atoms with Crippen molar-refractivity contribution in [2.45, 2.75) is 0 Å². The summed E-state index contributed by atoms with van der Waals surface area (Å²) < 4.78 is 18.6. The van der Waals surface area contributed by atoms with Crippen LogP contribution < -0.4 is 5.32 Å². The first kappa shape index (κ1) is 12.1. The molecule has 0 bridgehead atoms. The van der Waals surface area contributed by atoms with Crippen molar-refractivity contribution in [2.24, 2.45) is 0 Å². The molecular weight excluding hydrogens is 312 g/mol. The Kier molecular flexibility index (Phi) is 3.49. The number of benzene rings is 1. The molecule has 0 saturated heterocycles. The third-order valence-corrected chi connectivity index (χ3v) is 2.89. The molecule has 0 unspecified atom stereocenters. The molecule has 2 aromatic rings. The van der Waals surface area contributed by atoms with E-state index in [1.165, 1.54) is 30.5 Å². The minimum atomic E-state index is -0.553. The largest absolute Gasteiger partial charge is 0.457 e. The predicted octanol–water partition coefficient (Wildman–Crippen LogP) is 4.09. The molecule has 1 aromatic carbocycles. The highest BCUT2D eigenvalue weighted by molar-refractivity contribution is 9.10. The van der Waals surface area contributed by atoms with Gasteiger partial charge in [-0.25, -0.2) is 4.39 Å². The van der Waals surface area contributed by atoms with Crippen molar-refractivity contribution in [3.63, 3.8) is 0 Å². The number of amides is 1. The highest BCUT2D eigenvalue weighted by Crippen LogP contribution is 2.22. The molecule has 1 amide bonds. The number of hydrogen-bond donors (Lipinski definition) is 1. The van der Waals surface area contributed by atoms with E-state index >= 15 is 0 Å². The summed E-state index contributed by atoms with van der Waals surface area (Å²) in [6.07, 6.45) is 1.35. The molecule has 1 aromatic heterocycles. The molecule has 17 heavy (non-hydrogen) atoms. The van der Waals surface area contributed by atoms with Crippen LogP contribution in [0, 0.1) is 5.82 Å². The summed E-state index contributed by atoms with van der Waals surface area (Å²) in [6.45, 7) is 0. The van der Waals surface area contributed by atoms with Crippen LogP contribution >= 0.6 is 27.5 Å². The number of halogens is 3. The second-order valence-corrected chi connectivity index (χ2v) is 4.34. The van der Waals surface area contributed by atoms with Gasteiger partial charge in [-0.2, -0.15) is 0 Å². The van der Waals surface area contributed by atoms with Crippen molar-refractivity contribution in [3.8, 4) is 0 Å². The lowest BCUT2D eigenvalue weighted by atomic mass is 10.2. The topological polar surface area (TPSA) is 42.2 Å². The standard InChI is InChI=1S/C11H6BrClFNO2/c12-10-7(3-4-17-10)11(16)15-9-5-6(13)1-2-8(9)14/h1-5H,(H,15,16). The maximum atomic E-state index is 13.4. The van der Waals surface area contributed by atoms with Crippen LogP contribution in [-0.2, 0) is 0 Å². The second kappa shape index (κ2) is 4.89. The predicted molar refractivity (Wildman–Crippen MR) is 65.8 cm³/mol. The fraction of sp³-hybridized carbons (Fsp3) is 0. The lowest BCUT2D eigenvalue weighted by Crippen LogP contribution is -2.12. The molecule has 0 aliphatic heterocycles. The minimum Gasteiger partial charge on any atom is -0.457 e. The van der Waals surface area contributed by atoms with Crippen LogP contribution in [0.5, 0.6) is 0 Å². The lowest BCUT2D eigenvalue weighted by Gasteiger charge is -2.05. The normalized spacial score (nSPS) is 10.3. The van der Waals surface area contributed by atoms with Crippen molar-refractivity contribution in [3.05, 3.63) is 51.6 Å². The van der Waals surface area contributed by atoms with E-state index in [0.717, 1.165) is 0 Å². The van der Waals surface area contributed by atoms with Gasteiger partial charge in [-0.05, 0) is 40.2 Å². The molecule has 6 heteroatoms. The molecule has 0 radical (unpaired) electrons. The van der Waals surface area contributed by atoms with Gasteiger partial charge in [0, 0.05) is 5.02 Å². The Morgan fingerprint density at radius 3 is 2.82 bits per heavy atom. The molecule has 0 fully saturated rings. The van der Waals surface area contributed by atoms with Crippen molar-refractivity contribution < 1.29 is 13.6 Å². The van der Waals surface area contributed by atoms with Crippen LogP contribution in [0.4, 0.5) is 10.1 Å². The van der Waals surface area contributed by atoms with Crippen LogP contribution in [0.1, 0.15) is 10.4 Å². The van der Waals surface area contributed by atoms with Crippen LogP contribution in [0.2, 0.25) is 5.02 Å². The molecule has 0 atom stereocenters. The van der Waals surface area contributed by atoms with Gasteiger partial charge in [0.15, 0.2) is 4.67 Å². The zero-order chi connectivity index (χ0) is 12.4. The Hall–Kier alpha value is -1.33. The monoisotopic (exact) mass is 317 g/mol. The van der Waals surface area contributed by atoms with Gasteiger partial charge in [0.1, 0.15) is 5.82 Å². The SMILES string of the molecule is O=C(Nc1cc(Cl)ccc1F)c1ccoc1Br. The fourth-order valence-corrected chi connectivity index (χ4v) is 1.83. The maximum absolute atomic E-state index is 13.4. The molecule has 88 valence electrons. The van der Waals surface area contributed by atoms with Gasteiger partial charge < -0.3 is 9.73 Å². The van der Waals surface area contributed by atoms with Gasteiger partial charge in [-0.3, -0.25) is 4.79 Å². The van der Waals surface area contributed by atoms with Crippen molar-refractivity contribution in [1.82, 2.24) is 0 Å². The molecule has 0 aliphatic rings. The van der Waals surface area contributed by atoms with E-state index in [2.05, 4.69) is 21.2 Å². The summed E-state index contributed by atoms with van der Waals surface area (Å²) in [4.78, 5) is 11.7. The second-order valence-electron chi connectivity index (χ2n) is 3.19. The first-order valence-corrected chi connectivity index (χ1v) is 5.74. The molecule has 1 N–H and O–H groups in total. The molecule has 3 nitrogen and oxygen atoms in total. The summed E-state index contributed by atoms with van der Waals surface area (Å²) in [5.41, 5.74) is 0.306. The van der Waals surface area contributed by atoms with E-state index in [4.69, 9.17) is 16.0 Å². The summed E-state index contributed by atoms with van der Waals surface area (Å²) >= 11 is 8.78. The van der Waals surface area contributed by atoms with E-state index < -0.39 is 11.7 Å². The van der Waals surface area contributed by atoms with E-state index in [0.29, 0.717) is 5.02 Å². The molecule has 2 rings (SSSR count). The molecule has 1 heterocycles. The molecule has 0 spiro atoms. The van der Waals surface area contributed by atoms with E-state index in [1.54, 1.807) is 0 Å². The van der Waals surface area contributed by atoms with Crippen LogP contribution in [0.3, 0.4) is 0 Å². The molecule has 0 saturated carbocycles. The highest BCUT2D eigenvalue weighted by atomic mass is 79.9. The Morgan fingerprint density at radius 2 is 2.18 bits per heavy atom. The third kappa shape index (κ3) is 2.68. The van der Waals surface area contributed by atoms with Crippen LogP contribution in [0.15, 0.2) is 39.6 Å². The smallest absolute Gasteiger partial charge is 0.260 e. The number of carbonyl (C=O) groups excluding carboxylic acids is 1.